The molecule has 1 aliphatic rings. The summed E-state index contributed by atoms with van der Waals surface area (Å²) >= 11 is 7.11. The van der Waals surface area contributed by atoms with E-state index in [0.29, 0.717) is 21.6 Å². The van der Waals surface area contributed by atoms with Crippen molar-refractivity contribution in [2.45, 2.75) is 30.7 Å². The Bertz CT molecular complexity index is 1030. The lowest BCUT2D eigenvalue weighted by Gasteiger charge is -2.14. The third-order valence-electron chi connectivity index (χ3n) is 4.10. The summed E-state index contributed by atoms with van der Waals surface area (Å²) in [4.78, 5) is 30.7. The van der Waals surface area contributed by atoms with Gasteiger partial charge in [-0.15, -0.1) is 10.2 Å². The molecule has 132 valence electrons. The molecule has 1 fully saturated rings. The second kappa shape index (κ2) is 6.37. The van der Waals surface area contributed by atoms with Crippen LogP contribution < -0.4 is 4.90 Å². The number of carbonyl (C=O) groups excluding carboxylic acids is 2. The Morgan fingerprint density at radius 2 is 1.88 bits per heavy atom. The highest BCUT2D eigenvalue weighted by molar-refractivity contribution is 8.00. The Balaban J connectivity index is 1.63. The van der Waals surface area contributed by atoms with Crippen molar-refractivity contribution >= 4 is 46.6 Å². The molecule has 2 aromatic heterocycles. The predicted molar refractivity (Wildman–Crippen MR) is 98.5 cm³/mol. The van der Waals surface area contributed by atoms with E-state index in [-0.39, 0.29) is 18.2 Å². The van der Waals surface area contributed by atoms with Gasteiger partial charge in [-0.2, -0.15) is 0 Å². The van der Waals surface area contributed by atoms with Crippen LogP contribution in [0.25, 0.3) is 5.78 Å². The maximum Gasteiger partial charge on any atom is 0.256 e. The van der Waals surface area contributed by atoms with Gasteiger partial charge in [-0.1, -0.05) is 23.4 Å². The molecule has 0 N–H and O–H groups in total. The number of nitrogens with zero attached hydrogens (tertiary/aromatic N) is 5. The van der Waals surface area contributed by atoms with Crippen molar-refractivity contribution in [2.24, 2.45) is 0 Å². The standard InChI is InChI=1S/C17H14ClN5O2S/c1-9-7-10(2)22-16(19-9)20-21-17(22)26-13-8-14(24)23(15(13)25)12-5-3-11(18)4-6-12/h3-7,13H,8H2,1-2H3/t13-/m0/s1. The summed E-state index contributed by atoms with van der Waals surface area (Å²) in [5, 5.41) is 8.76. The Labute approximate surface area is 158 Å². The fraction of sp³-hybridized carbons (Fsp3) is 0.235. The Morgan fingerprint density at radius 1 is 1.15 bits per heavy atom. The van der Waals surface area contributed by atoms with Crippen molar-refractivity contribution < 1.29 is 9.59 Å². The van der Waals surface area contributed by atoms with Gasteiger partial charge in [0.1, 0.15) is 5.25 Å². The number of benzene rings is 1. The highest BCUT2D eigenvalue weighted by atomic mass is 35.5. The van der Waals surface area contributed by atoms with Gasteiger partial charge in [0.05, 0.1) is 5.69 Å². The van der Waals surface area contributed by atoms with Crippen molar-refractivity contribution in [3.8, 4) is 0 Å². The molecular formula is C17H14ClN5O2S. The molecule has 3 aromatic rings. The smallest absolute Gasteiger partial charge is 0.256 e. The summed E-state index contributed by atoms with van der Waals surface area (Å²) in [6.07, 6.45) is 0.110. The zero-order valence-corrected chi connectivity index (χ0v) is 15.6. The molecule has 7 nitrogen and oxygen atoms in total. The van der Waals surface area contributed by atoms with E-state index in [4.69, 9.17) is 11.6 Å². The van der Waals surface area contributed by atoms with E-state index in [1.807, 2.05) is 19.9 Å². The molecule has 1 aliphatic heterocycles. The number of carbonyl (C=O) groups is 2. The molecule has 0 aliphatic carbocycles. The normalized spacial score (nSPS) is 17.5. The zero-order chi connectivity index (χ0) is 18.4. The van der Waals surface area contributed by atoms with Crippen LogP contribution >= 0.6 is 23.4 Å². The number of hydrogen-bond acceptors (Lipinski definition) is 6. The third kappa shape index (κ3) is 2.85. The lowest BCUT2D eigenvalue weighted by molar-refractivity contribution is -0.121. The number of halogens is 1. The molecule has 1 atom stereocenters. The van der Waals surface area contributed by atoms with Crippen LogP contribution in [0.2, 0.25) is 5.02 Å². The minimum absolute atomic E-state index is 0.110. The Hall–Kier alpha value is -2.45. The first-order valence-corrected chi connectivity index (χ1v) is 9.18. The summed E-state index contributed by atoms with van der Waals surface area (Å²) in [6.45, 7) is 3.81. The second-order valence-electron chi connectivity index (χ2n) is 6.01. The number of aryl methyl sites for hydroxylation is 2. The van der Waals surface area contributed by atoms with E-state index in [1.165, 1.54) is 16.7 Å². The largest absolute Gasteiger partial charge is 0.274 e. The fourth-order valence-corrected chi connectivity index (χ4v) is 4.19. The van der Waals surface area contributed by atoms with Crippen molar-refractivity contribution in [2.75, 3.05) is 4.90 Å². The fourth-order valence-electron chi connectivity index (χ4n) is 2.96. The molecule has 0 saturated carbocycles. The van der Waals surface area contributed by atoms with Crippen molar-refractivity contribution in [1.29, 1.82) is 0 Å². The zero-order valence-electron chi connectivity index (χ0n) is 14.0. The van der Waals surface area contributed by atoms with E-state index in [0.717, 1.165) is 11.4 Å². The van der Waals surface area contributed by atoms with Crippen molar-refractivity contribution in [3.63, 3.8) is 0 Å². The molecule has 9 heteroatoms. The second-order valence-corrected chi connectivity index (χ2v) is 7.62. The van der Waals surface area contributed by atoms with Gasteiger partial charge >= 0.3 is 0 Å². The molecule has 26 heavy (non-hydrogen) atoms. The number of thioether (sulfide) groups is 1. The third-order valence-corrected chi connectivity index (χ3v) is 5.48. The van der Waals surface area contributed by atoms with Gasteiger partial charge in [-0.3, -0.25) is 14.0 Å². The summed E-state index contributed by atoms with van der Waals surface area (Å²) in [5.74, 6) is -0.0255. The minimum atomic E-state index is -0.550. The van der Waals surface area contributed by atoms with Crippen LogP contribution in [0.4, 0.5) is 5.69 Å². The van der Waals surface area contributed by atoms with Gasteiger partial charge in [0, 0.05) is 22.8 Å². The summed E-state index contributed by atoms with van der Waals surface area (Å²) in [5.41, 5.74) is 2.29. The highest BCUT2D eigenvalue weighted by Gasteiger charge is 2.41. The monoisotopic (exact) mass is 387 g/mol. The van der Waals surface area contributed by atoms with Crippen molar-refractivity contribution in [3.05, 3.63) is 46.7 Å². The Morgan fingerprint density at radius 3 is 2.62 bits per heavy atom. The van der Waals surface area contributed by atoms with Crippen LogP contribution in [0.1, 0.15) is 17.8 Å². The van der Waals surface area contributed by atoms with E-state index in [1.54, 1.807) is 28.7 Å². The van der Waals surface area contributed by atoms with Crippen LogP contribution in [0.15, 0.2) is 35.5 Å². The molecular weight excluding hydrogens is 374 g/mol. The first-order valence-electron chi connectivity index (χ1n) is 7.92. The molecule has 2 amide bonds. The maximum atomic E-state index is 12.8. The number of aromatic nitrogens is 4. The van der Waals surface area contributed by atoms with E-state index in [9.17, 15) is 9.59 Å². The van der Waals surface area contributed by atoms with Crippen LogP contribution in [-0.2, 0) is 9.59 Å². The summed E-state index contributed by atoms with van der Waals surface area (Å²) in [7, 11) is 0. The van der Waals surface area contributed by atoms with E-state index in [2.05, 4.69) is 15.2 Å². The minimum Gasteiger partial charge on any atom is -0.274 e. The number of hydrogen-bond donors (Lipinski definition) is 0. The Kier molecular flexibility index (Phi) is 4.16. The van der Waals surface area contributed by atoms with E-state index < -0.39 is 5.25 Å². The first-order chi connectivity index (χ1) is 12.4. The molecule has 4 rings (SSSR count). The maximum absolute atomic E-state index is 12.8. The van der Waals surface area contributed by atoms with E-state index >= 15 is 0 Å². The average molecular weight is 388 g/mol. The number of anilines is 1. The summed E-state index contributed by atoms with van der Waals surface area (Å²) in [6, 6.07) is 8.55. The number of rotatable bonds is 3. The molecule has 0 radical (unpaired) electrons. The first kappa shape index (κ1) is 17.0. The van der Waals surface area contributed by atoms with Crippen LogP contribution in [-0.4, -0.2) is 36.6 Å². The number of amides is 2. The molecule has 0 unspecified atom stereocenters. The lowest BCUT2D eigenvalue weighted by Crippen LogP contribution is -2.31. The lowest BCUT2D eigenvalue weighted by atomic mass is 10.3. The van der Waals surface area contributed by atoms with Gasteiger partial charge in [-0.25, -0.2) is 9.88 Å². The molecule has 1 saturated heterocycles. The average Bonchev–Trinajstić information content (AvgIpc) is 3.10. The highest BCUT2D eigenvalue weighted by Crippen LogP contribution is 2.33. The van der Waals surface area contributed by atoms with Crippen LogP contribution in [0, 0.1) is 13.8 Å². The molecule has 0 spiro atoms. The topological polar surface area (TPSA) is 80.5 Å². The predicted octanol–water partition coefficient (Wildman–Crippen LogP) is 2.82. The summed E-state index contributed by atoms with van der Waals surface area (Å²) < 4.78 is 1.79. The van der Waals surface area contributed by atoms with Crippen LogP contribution in [0.3, 0.4) is 0 Å². The van der Waals surface area contributed by atoms with Gasteiger partial charge in [0.15, 0.2) is 5.16 Å². The molecule has 3 heterocycles. The van der Waals surface area contributed by atoms with Gasteiger partial charge in [0.25, 0.3) is 5.78 Å². The molecule has 0 bridgehead atoms. The quantitative estimate of drug-likeness (QED) is 0.643. The van der Waals surface area contributed by atoms with Gasteiger partial charge < -0.3 is 0 Å². The number of fused-ring (bicyclic) bond motifs is 1. The number of imide groups is 1. The van der Waals surface area contributed by atoms with Gasteiger partial charge in [0.2, 0.25) is 11.8 Å². The SMILES string of the molecule is Cc1cc(C)n2c(S[C@H]3CC(=O)N(c4ccc(Cl)cc4)C3=O)nnc2n1. The van der Waals surface area contributed by atoms with Crippen molar-refractivity contribution in [1.82, 2.24) is 19.6 Å². The molecule has 1 aromatic carbocycles. The van der Waals surface area contributed by atoms with Crippen LogP contribution in [0.5, 0.6) is 0 Å². The van der Waals surface area contributed by atoms with Gasteiger partial charge in [-0.05, 0) is 44.2 Å².